The highest BCUT2D eigenvalue weighted by molar-refractivity contribution is 5.95. The Morgan fingerprint density at radius 2 is 1.90 bits per heavy atom. The zero-order chi connectivity index (χ0) is 13.7. The third-order valence-electron chi connectivity index (χ3n) is 3.60. The van der Waals surface area contributed by atoms with Gasteiger partial charge in [0.15, 0.2) is 0 Å². The average Bonchev–Trinajstić information content (AvgIpc) is 2.46. The second-order valence-electron chi connectivity index (χ2n) is 4.91. The summed E-state index contributed by atoms with van der Waals surface area (Å²) in [6.45, 7) is 1.92. The Hall–Kier alpha value is -2.68. The van der Waals surface area contributed by atoms with E-state index in [1.165, 1.54) is 0 Å². The topological polar surface area (TPSA) is 43.1 Å². The van der Waals surface area contributed by atoms with E-state index in [1.54, 1.807) is 6.07 Å². The molecule has 2 aromatic heterocycles. The maximum Gasteiger partial charge on any atom is 0.231 e. The molecule has 20 heavy (non-hydrogen) atoms. The molecule has 4 rings (SSSR count). The Morgan fingerprint density at radius 3 is 2.80 bits per heavy atom. The number of para-hydroxylation sites is 1. The van der Waals surface area contributed by atoms with Crippen molar-refractivity contribution >= 4 is 33.0 Å². The maximum atomic E-state index is 12.7. The number of hydrogen-bond donors (Lipinski definition) is 0. The van der Waals surface area contributed by atoms with Crippen LogP contribution in [0.4, 0.5) is 0 Å². The van der Waals surface area contributed by atoms with E-state index in [9.17, 15) is 4.79 Å². The number of benzene rings is 2. The summed E-state index contributed by atoms with van der Waals surface area (Å²) in [5, 5.41) is 2.11. The van der Waals surface area contributed by atoms with Crippen LogP contribution in [0.25, 0.3) is 33.0 Å². The van der Waals surface area contributed by atoms with E-state index in [-0.39, 0.29) is 5.43 Å². The summed E-state index contributed by atoms with van der Waals surface area (Å²) in [6.07, 6.45) is 0. The molecule has 2 heterocycles. The minimum atomic E-state index is -0.0161. The van der Waals surface area contributed by atoms with Crippen LogP contribution < -0.4 is 5.43 Å². The van der Waals surface area contributed by atoms with Gasteiger partial charge < -0.3 is 4.42 Å². The van der Waals surface area contributed by atoms with E-state index < -0.39 is 0 Å². The Balaban J connectivity index is 2.30. The van der Waals surface area contributed by atoms with E-state index >= 15 is 0 Å². The van der Waals surface area contributed by atoms with Gasteiger partial charge in [-0.05, 0) is 30.7 Å². The van der Waals surface area contributed by atoms with Crippen molar-refractivity contribution in [3.63, 3.8) is 0 Å². The fourth-order valence-corrected chi connectivity index (χ4v) is 2.59. The molecule has 3 nitrogen and oxygen atoms in total. The monoisotopic (exact) mass is 261 g/mol. The van der Waals surface area contributed by atoms with E-state index in [2.05, 4.69) is 4.98 Å². The van der Waals surface area contributed by atoms with Crippen molar-refractivity contribution in [1.82, 2.24) is 4.98 Å². The van der Waals surface area contributed by atoms with Crippen molar-refractivity contribution in [2.45, 2.75) is 6.92 Å². The summed E-state index contributed by atoms with van der Waals surface area (Å²) >= 11 is 0. The minimum Gasteiger partial charge on any atom is -0.437 e. The Kier molecular flexibility index (Phi) is 2.18. The van der Waals surface area contributed by atoms with Gasteiger partial charge in [0.2, 0.25) is 11.1 Å². The minimum absolute atomic E-state index is 0.0161. The predicted molar refractivity (Wildman–Crippen MR) is 80.0 cm³/mol. The van der Waals surface area contributed by atoms with Crippen LogP contribution >= 0.6 is 0 Å². The van der Waals surface area contributed by atoms with E-state index in [1.807, 2.05) is 49.4 Å². The second kappa shape index (κ2) is 3.90. The van der Waals surface area contributed by atoms with Crippen molar-refractivity contribution in [1.29, 1.82) is 0 Å². The van der Waals surface area contributed by atoms with Crippen molar-refractivity contribution in [2.75, 3.05) is 0 Å². The van der Waals surface area contributed by atoms with E-state index in [0.29, 0.717) is 22.1 Å². The van der Waals surface area contributed by atoms with Crippen molar-refractivity contribution in [3.8, 4) is 0 Å². The zero-order valence-corrected chi connectivity index (χ0v) is 10.9. The number of fused-ring (bicyclic) bond motifs is 3. The van der Waals surface area contributed by atoms with Crippen LogP contribution in [-0.4, -0.2) is 4.98 Å². The lowest BCUT2D eigenvalue weighted by atomic mass is 10.1. The fourth-order valence-electron chi connectivity index (χ4n) is 2.59. The summed E-state index contributed by atoms with van der Waals surface area (Å²) in [5.74, 6) is 0. The van der Waals surface area contributed by atoms with Crippen LogP contribution in [0.3, 0.4) is 0 Å². The van der Waals surface area contributed by atoms with Crippen molar-refractivity contribution in [2.24, 2.45) is 0 Å². The number of pyridine rings is 1. The molecule has 0 atom stereocenters. The lowest BCUT2D eigenvalue weighted by Crippen LogP contribution is -2.04. The molecule has 0 radical (unpaired) electrons. The highest BCUT2D eigenvalue weighted by Gasteiger charge is 2.11. The van der Waals surface area contributed by atoms with Crippen LogP contribution in [0.2, 0.25) is 0 Å². The second-order valence-corrected chi connectivity index (χ2v) is 4.91. The SMILES string of the molecule is Cc1cccc2oc3nc4ccccc4cc3c(=O)c12. The number of aryl methyl sites for hydroxylation is 1. The molecule has 0 N–H and O–H groups in total. The first-order valence-corrected chi connectivity index (χ1v) is 6.46. The van der Waals surface area contributed by atoms with Gasteiger partial charge in [-0.3, -0.25) is 4.79 Å². The fraction of sp³-hybridized carbons (Fsp3) is 0.0588. The third kappa shape index (κ3) is 1.46. The van der Waals surface area contributed by atoms with Gasteiger partial charge >= 0.3 is 0 Å². The number of hydrogen-bond acceptors (Lipinski definition) is 3. The number of aromatic nitrogens is 1. The Morgan fingerprint density at radius 1 is 1.05 bits per heavy atom. The average molecular weight is 261 g/mol. The highest BCUT2D eigenvalue weighted by Crippen LogP contribution is 2.22. The Bertz CT molecular complexity index is 1030. The van der Waals surface area contributed by atoms with Crippen LogP contribution in [0.5, 0.6) is 0 Å². The molecule has 2 aromatic carbocycles. The first-order valence-electron chi connectivity index (χ1n) is 6.46. The van der Waals surface area contributed by atoms with Gasteiger partial charge in [0.1, 0.15) is 5.58 Å². The largest absolute Gasteiger partial charge is 0.437 e. The lowest BCUT2D eigenvalue weighted by Gasteiger charge is -2.04. The molecular formula is C17H11NO2. The van der Waals surface area contributed by atoms with Crippen molar-refractivity contribution in [3.05, 3.63) is 64.3 Å². The number of nitrogens with zero attached hydrogens (tertiary/aromatic N) is 1. The smallest absolute Gasteiger partial charge is 0.231 e. The molecule has 0 bridgehead atoms. The molecule has 0 saturated heterocycles. The van der Waals surface area contributed by atoms with Gasteiger partial charge in [-0.1, -0.05) is 30.3 Å². The third-order valence-corrected chi connectivity index (χ3v) is 3.60. The summed E-state index contributed by atoms with van der Waals surface area (Å²) in [4.78, 5) is 17.1. The van der Waals surface area contributed by atoms with Gasteiger partial charge in [-0.2, -0.15) is 0 Å². The molecule has 0 aliphatic heterocycles. The molecule has 0 spiro atoms. The van der Waals surface area contributed by atoms with E-state index in [0.717, 1.165) is 16.5 Å². The standard InChI is InChI=1S/C17H11NO2/c1-10-5-4-8-14-15(10)16(19)12-9-11-6-2-3-7-13(11)18-17(12)20-14/h2-9H,1H3. The van der Waals surface area contributed by atoms with Crippen LogP contribution in [0.15, 0.2) is 57.7 Å². The Labute approximate surface area is 114 Å². The molecule has 4 aromatic rings. The lowest BCUT2D eigenvalue weighted by molar-refractivity contribution is 0.646. The van der Waals surface area contributed by atoms with Crippen LogP contribution in [0, 0.1) is 6.92 Å². The summed E-state index contributed by atoms with van der Waals surface area (Å²) in [5.41, 5.74) is 2.72. The molecule has 0 unspecified atom stereocenters. The maximum absolute atomic E-state index is 12.7. The first-order chi connectivity index (χ1) is 9.74. The number of rotatable bonds is 0. The molecule has 0 saturated carbocycles. The van der Waals surface area contributed by atoms with Crippen LogP contribution in [-0.2, 0) is 0 Å². The summed E-state index contributed by atoms with van der Waals surface area (Å²) in [7, 11) is 0. The van der Waals surface area contributed by atoms with Gasteiger partial charge in [-0.15, -0.1) is 0 Å². The van der Waals surface area contributed by atoms with Crippen LogP contribution in [0.1, 0.15) is 5.56 Å². The van der Waals surface area contributed by atoms with Gasteiger partial charge in [0, 0.05) is 5.39 Å². The molecule has 96 valence electrons. The summed E-state index contributed by atoms with van der Waals surface area (Å²) in [6, 6.07) is 15.2. The molecule has 0 fully saturated rings. The molecule has 0 aliphatic rings. The van der Waals surface area contributed by atoms with Gasteiger partial charge in [0.25, 0.3) is 0 Å². The molecule has 0 aliphatic carbocycles. The van der Waals surface area contributed by atoms with E-state index in [4.69, 9.17) is 4.42 Å². The summed E-state index contributed by atoms with van der Waals surface area (Å²) < 4.78 is 5.80. The molecule has 3 heteroatoms. The molecule has 0 amide bonds. The zero-order valence-electron chi connectivity index (χ0n) is 10.9. The van der Waals surface area contributed by atoms with Gasteiger partial charge in [-0.25, -0.2) is 4.98 Å². The quantitative estimate of drug-likeness (QED) is 0.452. The van der Waals surface area contributed by atoms with Gasteiger partial charge in [0.05, 0.1) is 16.3 Å². The highest BCUT2D eigenvalue weighted by atomic mass is 16.3. The normalized spacial score (nSPS) is 11.4. The van der Waals surface area contributed by atoms with Crippen molar-refractivity contribution < 1.29 is 4.42 Å². The molecular weight excluding hydrogens is 250 g/mol. The first kappa shape index (κ1) is 11.2. The predicted octanol–water partition coefficient (Wildman–Crippen LogP) is 3.80.